The first kappa shape index (κ1) is 11.6. The molecule has 1 aromatic carbocycles. The van der Waals surface area contributed by atoms with Gasteiger partial charge >= 0.3 is 5.97 Å². The zero-order valence-corrected chi connectivity index (χ0v) is 9.83. The molecule has 0 bridgehead atoms. The fraction of sp³-hybridized carbons (Fsp3) is 0.0833. The number of carboxylic acid groups (broad SMARTS) is 1. The van der Waals surface area contributed by atoms with Crippen LogP contribution < -0.4 is 11.5 Å². The molecule has 5 heteroatoms. The van der Waals surface area contributed by atoms with Crippen molar-refractivity contribution in [2.45, 2.75) is 6.54 Å². The Morgan fingerprint density at radius 1 is 1.29 bits per heavy atom. The van der Waals surface area contributed by atoms with Crippen LogP contribution in [-0.2, 0) is 6.54 Å². The molecule has 2 rings (SSSR count). The number of nitrogens with two attached hydrogens (primary N) is 2. The molecule has 5 N–H and O–H groups in total. The fourth-order valence-corrected chi connectivity index (χ4v) is 2.44. The summed E-state index contributed by atoms with van der Waals surface area (Å²) in [5, 5.41) is 11.2. The van der Waals surface area contributed by atoms with E-state index >= 15 is 0 Å². The standard InChI is InChI=1S/C12H12N2O2S/c13-5-7-1-3-8(4-2-7)9-6-17-11(14)10(9)12(15)16/h1-4,6H,5,13-14H2,(H,15,16). The maximum absolute atomic E-state index is 11.1. The molecular formula is C12H12N2O2S. The number of hydrogen-bond donors (Lipinski definition) is 3. The Bertz CT molecular complexity index is 546. The number of benzene rings is 1. The largest absolute Gasteiger partial charge is 0.478 e. The molecule has 17 heavy (non-hydrogen) atoms. The summed E-state index contributed by atoms with van der Waals surface area (Å²) in [4.78, 5) is 11.1. The number of thiophene rings is 1. The van der Waals surface area contributed by atoms with Crippen molar-refractivity contribution in [3.8, 4) is 11.1 Å². The zero-order valence-electron chi connectivity index (χ0n) is 9.01. The van der Waals surface area contributed by atoms with E-state index in [1.807, 2.05) is 24.3 Å². The first-order valence-corrected chi connectivity index (χ1v) is 5.91. The minimum atomic E-state index is -0.998. The van der Waals surface area contributed by atoms with Crippen LogP contribution in [0.4, 0.5) is 5.00 Å². The molecule has 1 heterocycles. The summed E-state index contributed by atoms with van der Waals surface area (Å²) in [7, 11) is 0. The van der Waals surface area contributed by atoms with E-state index in [1.54, 1.807) is 5.38 Å². The first-order valence-electron chi connectivity index (χ1n) is 5.03. The number of carbonyl (C=O) groups is 1. The van der Waals surface area contributed by atoms with Crippen LogP contribution in [0.5, 0.6) is 0 Å². The first-order chi connectivity index (χ1) is 8.13. The summed E-state index contributed by atoms with van der Waals surface area (Å²) >= 11 is 1.24. The molecule has 0 aliphatic carbocycles. The van der Waals surface area contributed by atoms with Gasteiger partial charge in [-0.2, -0.15) is 0 Å². The van der Waals surface area contributed by atoms with Gasteiger partial charge in [0.2, 0.25) is 0 Å². The summed E-state index contributed by atoms with van der Waals surface area (Å²) in [5.74, 6) is -0.998. The van der Waals surface area contributed by atoms with E-state index < -0.39 is 5.97 Å². The van der Waals surface area contributed by atoms with Crippen molar-refractivity contribution in [3.63, 3.8) is 0 Å². The summed E-state index contributed by atoms with van der Waals surface area (Å²) < 4.78 is 0. The highest BCUT2D eigenvalue weighted by Gasteiger charge is 2.17. The van der Waals surface area contributed by atoms with Gasteiger partial charge in [0.1, 0.15) is 10.6 Å². The third kappa shape index (κ3) is 2.15. The minimum Gasteiger partial charge on any atom is -0.478 e. The molecule has 88 valence electrons. The van der Waals surface area contributed by atoms with Crippen LogP contribution >= 0.6 is 11.3 Å². The average Bonchev–Trinajstić information content (AvgIpc) is 2.71. The van der Waals surface area contributed by atoms with Gasteiger partial charge in [0.25, 0.3) is 0 Å². The van der Waals surface area contributed by atoms with Gasteiger partial charge < -0.3 is 16.6 Å². The summed E-state index contributed by atoms with van der Waals surface area (Å²) in [6.45, 7) is 0.470. The predicted molar refractivity (Wildman–Crippen MR) is 69.0 cm³/mol. The van der Waals surface area contributed by atoms with Crippen molar-refractivity contribution >= 4 is 22.3 Å². The summed E-state index contributed by atoms with van der Waals surface area (Å²) in [6, 6.07) is 7.48. The van der Waals surface area contributed by atoms with E-state index in [2.05, 4.69) is 0 Å². The highest BCUT2D eigenvalue weighted by molar-refractivity contribution is 7.14. The lowest BCUT2D eigenvalue weighted by atomic mass is 10.0. The van der Waals surface area contributed by atoms with E-state index in [4.69, 9.17) is 16.6 Å². The van der Waals surface area contributed by atoms with Crippen molar-refractivity contribution in [3.05, 3.63) is 40.8 Å². The Balaban J connectivity index is 2.49. The zero-order chi connectivity index (χ0) is 12.4. The lowest BCUT2D eigenvalue weighted by Gasteiger charge is -2.03. The molecule has 0 fully saturated rings. The van der Waals surface area contributed by atoms with E-state index in [9.17, 15) is 4.79 Å². The summed E-state index contributed by atoms with van der Waals surface area (Å²) in [5.41, 5.74) is 13.8. The van der Waals surface area contributed by atoms with Crippen molar-refractivity contribution in [1.29, 1.82) is 0 Å². The lowest BCUT2D eigenvalue weighted by Crippen LogP contribution is -2.00. The molecule has 1 aromatic heterocycles. The Morgan fingerprint density at radius 3 is 2.47 bits per heavy atom. The average molecular weight is 248 g/mol. The molecule has 0 aliphatic rings. The van der Waals surface area contributed by atoms with Crippen LogP contribution in [0, 0.1) is 0 Å². The maximum atomic E-state index is 11.1. The molecule has 4 nitrogen and oxygen atoms in total. The Labute approximate surface area is 102 Å². The van der Waals surface area contributed by atoms with Gasteiger partial charge in [0.15, 0.2) is 0 Å². The van der Waals surface area contributed by atoms with E-state index in [1.165, 1.54) is 11.3 Å². The van der Waals surface area contributed by atoms with Crippen molar-refractivity contribution in [2.75, 3.05) is 5.73 Å². The van der Waals surface area contributed by atoms with Crippen LogP contribution in [0.15, 0.2) is 29.6 Å². The van der Waals surface area contributed by atoms with Crippen LogP contribution in [-0.4, -0.2) is 11.1 Å². The van der Waals surface area contributed by atoms with Crippen LogP contribution in [0.2, 0.25) is 0 Å². The van der Waals surface area contributed by atoms with Crippen LogP contribution in [0.3, 0.4) is 0 Å². The smallest absolute Gasteiger partial charge is 0.339 e. The summed E-state index contributed by atoms with van der Waals surface area (Å²) in [6.07, 6.45) is 0. The quantitative estimate of drug-likeness (QED) is 0.776. The third-order valence-corrected chi connectivity index (χ3v) is 3.35. The van der Waals surface area contributed by atoms with Gasteiger partial charge in [-0.15, -0.1) is 11.3 Å². The Kier molecular flexibility index (Phi) is 3.12. The molecule has 0 spiro atoms. The maximum Gasteiger partial charge on any atom is 0.339 e. The Morgan fingerprint density at radius 2 is 1.94 bits per heavy atom. The molecule has 0 saturated heterocycles. The number of rotatable bonds is 3. The molecule has 0 atom stereocenters. The number of carboxylic acids is 1. The second-order valence-electron chi connectivity index (χ2n) is 3.59. The van der Waals surface area contributed by atoms with Crippen molar-refractivity contribution < 1.29 is 9.90 Å². The van der Waals surface area contributed by atoms with Gasteiger partial charge in [-0.05, 0) is 11.1 Å². The second-order valence-corrected chi connectivity index (χ2v) is 4.51. The lowest BCUT2D eigenvalue weighted by molar-refractivity contribution is 0.0699. The minimum absolute atomic E-state index is 0.176. The van der Waals surface area contributed by atoms with E-state index in [0.717, 1.165) is 11.1 Å². The second kappa shape index (κ2) is 4.57. The molecular weight excluding hydrogens is 236 g/mol. The normalized spacial score (nSPS) is 10.4. The van der Waals surface area contributed by atoms with Gasteiger partial charge in [-0.3, -0.25) is 0 Å². The molecule has 0 amide bonds. The molecule has 0 unspecified atom stereocenters. The molecule has 2 aromatic rings. The fourth-order valence-electron chi connectivity index (χ4n) is 1.63. The van der Waals surface area contributed by atoms with Crippen molar-refractivity contribution in [1.82, 2.24) is 0 Å². The molecule has 0 radical (unpaired) electrons. The highest BCUT2D eigenvalue weighted by atomic mass is 32.1. The number of nitrogen functional groups attached to an aromatic ring is 1. The van der Waals surface area contributed by atoms with E-state index in [-0.39, 0.29) is 5.56 Å². The Hall–Kier alpha value is -1.85. The highest BCUT2D eigenvalue weighted by Crippen LogP contribution is 2.33. The van der Waals surface area contributed by atoms with Crippen molar-refractivity contribution in [2.24, 2.45) is 5.73 Å². The topological polar surface area (TPSA) is 89.3 Å². The third-order valence-electron chi connectivity index (χ3n) is 2.53. The van der Waals surface area contributed by atoms with Gasteiger partial charge in [0.05, 0.1) is 0 Å². The molecule has 0 saturated carbocycles. The van der Waals surface area contributed by atoms with Gasteiger partial charge in [0, 0.05) is 17.5 Å². The van der Waals surface area contributed by atoms with Gasteiger partial charge in [-0.1, -0.05) is 24.3 Å². The van der Waals surface area contributed by atoms with Crippen LogP contribution in [0.25, 0.3) is 11.1 Å². The number of anilines is 1. The molecule has 0 aliphatic heterocycles. The SMILES string of the molecule is NCc1ccc(-c2csc(N)c2C(=O)O)cc1. The monoisotopic (exact) mass is 248 g/mol. The van der Waals surface area contributed by atoms with Gasteiger partial charge in [-0.25, -0.2) is 4.79 Å². The van der Waals surface area contributed by atoms with E-state index in [0.29, 0.717) is 17.1 Å². The predicted octanol–water partition coefficient (Wildman–Crippen LogP) is 2.15. The number of hydrogen-bond acceptors (Lipinski definition) is 4. The van der Waals surface area contributed by atoms with Crippen LogP contribution in [0.1, 0.15) is 15.9 Å². The number of aromatic carboxylic acids is 1.